The number of rotatable bonds is 0. The summed E-state index contributed by atoms with van der Waals surface area (Å²) in [6, 6.07) is 10.2. The summed E-state index contributed by atoms with van der Waals surface area (Å²) >= 11 is 5.90. The highest BCUT2D eigenvalue weighted by Gasteiger charge is 2.07. The number of pyridine rings is 1. The molecule has 4 heteroatoms. The number of fused-ring (bicyclic) bond motifs is 2. The van der Waals surface area contributed by atoms with Gasteiger partial charge in [-0.25, -0.2) is 4.98 Å². The number of benzene rings is 2. The van der Waals surface area contributed by atoms with Crippen molar-refractivity contribution in [3.63, 3.8) is 0 Å². The molecular weight excluding hydrogens is 238 g/mol. The Labute approximate surface area is 102 Å². The Hall–Kier alpha value is -2.00. The fourth-order valence-corrected chi connectivity index (χ4v) is 2.03. The first-order chi connectivity index (χ1) is 8.15. The third kappa shape index (κ3) is 1.56. The van der Waals surface area contributed by atoms with E-state index in [1.165, 1.54) is 6.07 Å². The number of hydrogen-bond acceptors (Lipinski definition) is 3. The Morgan fingerprint density at radius 2 is 1.71 bits per heavy atom. The summed E-state index contributed by atoms with van der Waals surface area (Å²) in [5.41, 5.74) is 1.43. The van der Waals surface area contributed by atoms with Gasteiger partial charge < -0.3 is 10.2 Å². The van der Waals surface area contributed by atoms with Gasteiger partial charge in [-0.3, -0.25) is 0 Å². The van der Waals surface area contributed by atoms with Gasteiger partial charge in [0.1, 0.15) is 0 Å². The first-order valence-electron chi connectivity index (χ1n) is 5.06. The predicted molar refractivity (Wildman–Crippen MR) is 67.6 cm³/mol. The minimum Gasteiger partial charge on any atom is -0.504 e. The monoisotopic (exact) mass is 245 g/mol. The van der Waals surface area contributed by atoms with Gasteiger partial charge in [-0.15, -0.1) is 0 Å². The summed E-state index contributed by atoms with van der Waals surface area (Å²) in [5, 5.41) is 21.2. The number of phenolic OH excluding ortho intramolecular Hbond substituents is 2. The summed E-state index contributed by atoms with van der Waals surface area (Å²) in [5.74, 6) is -0.308. The van der Waals surface area contributed by atoms with Crippen LogP contribution in [0.5, 0.6) is 11.5 Å². The minimum atomic E-state index is -0.156. The van der Waals surface area contributed by atoms with Crippen LogP contribution in [-0.4, -0.2) is 15.2 Å². The molecule has 0 unspecified atom stereocenters. The molecular formula is C13H8ClNO2. The highest BCUT2D eigenvalue weighted by Crippen LogP contribution is 2.34. The van der Waals surface area contributed by atoms with Gasteiger partial charge in [-0.2, -0.15) is 0 Å². The highest BCUT2D eigenvalue weighted by atomic mass is 35.5. The average molecular weight is 246 g/mol. The van der Waals surface area contributed by atoms with E-state index in [1.54, 1.807) is 24.3 Å². The molecule has 0 spiro atoms. The molecule has 1 heterocycles. The lowest BCUT2D eigenvalue weighted by Gasteiger charge is -2.05. The summed E-state index contributed by atoms with van der Waals surface area (Å²) in [4.78, 5) is 4.39. The molecule has 3 rings (SSSR count). The van der Waals surface area contributed by atoms with Crippen LogP contribution in [0.2, 0.25) is 5.02 Å². The molecule has 0 saturated carbocycles. The van der Waals surface area contributed by atoms with Crippen molar-refractivity contribution in [2.45, 2.75) is 0 Å². The highest BCUT2D eigenvalue weighted by molar-refractivity contribution is 6.31. The quantitative estimate of drug-likeness (QED) is 0.471. The zero-order valence-corrected chi connectivity index (χ0v) is 9.44. The largest absolute Gasteiger partial charge is 0.504 e. The Morgan fingerprint density at radius 3 is 2.53 bits per heavy atom. The van der Waals surface area contributed by atoms with Crippen molar-refractivity contribution >= 4 is 33.4 Å². The van der Waals surface area contributed by atoms with Crippen molar-refractivity contribution in [1.82, 2.24) is 4.98 Å². The summed E-state index contributed by atoms with van der Waals surface area (Å²) in [7, 11) is 0. The molecule has 2 N–H and O–H groups in total. The molecule has 2 aromatic carbocycles. The van der Waals surface area contributed by atoms with E-state index in [0.717, 1.165) is 10.9 Å². The second kappa shape index (κ2) is 3.50. The Balaban J connectivity index is 2.48. The van der Waals surface area contributed by atoms with E-state index in [-0.39, 0.29) is 11.5 Å². The van der Waals surface area contributed by atoms with Gasteiger partial charge in [-0.05, 0) is 36.4 Å². The average Bonchev–Trinajstić information content (AvgIpc) is 2.32. The smallest absolute Gasteiger partial charge is 0.167 e. The van der Waals surface area contributed by atoms with Crippen LogP contribution in [0.3, 0.4) is 0 Å². The number of hydrogen-bond donors (Lipinski definition) is 2. The molecule has 17 heavy (non-hydrogen) atoms. The maximum absolute atomic E-state index is 9.76. The number of aromatic nitrogens is 1. The van der Waals surface area contributed by atoms with Crippen molar-refractivity contribution in [3.8, 4) is 11.5 Å². The topological polar surface area (TPSA) is 53.4 Å². The fourth-order valence-electron chi connectivity index (χ4n) is 1.85. The molecule has 3 aromatic rings. The van der Waals surface area contributed by atoms with Crippen LogP contribution in [0.15, 0.2) is 36.4 Å². The SMILES string of the molecule is Oc1ccc2nc3ccc(Cl)cc3cc2c1O. The van der Waals surface area contributed by atoms with E-state index in [0.29, 0.717) is 15.9 Å². The van der Waals surface area contributed by atoms with Gasteiger partial charge >= 0.3 is 0 Å². The third-order valence-corrected chi connectivity index (χ3v) is 2.94. The molecule has 0 amide bonds. The van der Waals surface area contributed by atoms with Gasteiger partial charge in [0.25, 0.3) is 0 Å². The lowest BCUT2D eigenvalue weighted by Crippen LogP contribution is -1.83. The summed E-state index contributed by atoms with van der Waals surface area (Å²) in [6.07, 6.45) is 0. The molecule has 0 aliphatic rings. The van der Waals surface area contributed by atoms with Crippen LogP contribution >= 0.6 is 11.6 Å². The number of halogens is 1. The molecule has 0 radical (unpaired) electrons. The van der Waals surface area contributed by atoms with Crippen molar-refractivity contribution in [2.75, 3.05) is 0 Å². The van der Waals surface area contributed by atoms with E-state index in [4.69, 9.17) is 11.6 Å². The Bertz CT molecular complexity index is 740. The van der Waals surface area contributed by atoms with E-state index in [1.807, 2.05) is 6.07 Å². The van der Waals surface area contributed by atoms with E-state index in [2.05, 4.69) is 4.98 Å². The van der Waals surface area contributed by atoms with Crippen molar-refractivity contribution < 1.29 is 10.2 Å². The van der Waals surface area contributed by atoms with E-state index >= 15 is 0 Å². The molecule has 0 bridgehead atoms. The first-order valence-corrected chi connectivity index (χ1v) is 5.44. The van der Waals surface area contributed by atoms with Crippen LogP contribution in [0.25, 0.3) is 21.8 Å². The normalized spacial score (nSPS) is 11.1. The zero-order valence-electron chi connectivity index (χ0n) is 8.68. The van der Waals surface area contributed by atoms with Crippen molar-refractivity contribution in [1.29, 1.82) is 0 Å². The van der Waals surface area contributed by atoms with Crippen LogP contribution in [-0.2, 0) is 0 Å². The van der Waals surface area contributed by atoms with E-state index < -0.39 is 0 Å². The Morgan fingerprint density at radius 1 is 0.941 bits per heavy atom. The van der Waals surface area contributed by atoms with Crippen LogP contribution in [0.1, 0.15) is 0 Å². The third-order valence-electron chi connectivity index (χ3n) is 2.70. The molecule has 0 saturated heterocycles. The molecule has 0 aliphatic carbocycles. The second-order valence-corrected chi connectivity index (χ2v) is 4.26. The van der Waals surface area contributed by atoms with Crippen molar-refractivity contribution in [2.24, 2.45) is 0 Å². The lowest BCUT2D eigenvalue weighted by molar-refractivity contribution is 0.408. The lowest BCUT2D eigenvalue weighted by atomic mass is 10.1. The molecule has 0 fully saturated rings. The van der Waals surface area contributed by atoms with Gasteiger partial charge in [-0.1, -0.05) is 11.6 Å². The van der Waals surface area contributed by atoms with Crippen LogP contribution in [0.4, 0.5) is 0 Å². The first kappa shape index (κ1) is 10.2. The Kier molecular flexibility index (Phi) is 2.09. The van der Waals surface area contributed by atoms with Gasteiger partial charge in [0.05, 0.1) is 11.0 Å². The molecule has 84 valence electrons. The number of phenols is 2. The zero-order chi connectivity index (χ0) is 12.0. The van der Waals surface area contributed by atoms with Crippen LogP contribution < -0.4 is 0 Å². The molecule has 0 atom stereocenters. The van der Waals surface area contributed by atoms with Crippen molar-refractivity contribution in [3.05, 3.63) is 41.4 Å². The molecule has 0 aliphatic heterocycles. The number of nitrogens with zero attached hydrogens (tertiary/aromatic N) is 1. The van der Waals surface area contributed by atoms with Gasteiger partial charge in [0, 0.05) is 15.8 Å². The minimum absolute atomic E-state index is 0.152. The second-order valence-electron chi connectivity index (χ2n) is 3.83. The summed E-state index contributed by atoms with van der Waals surface area (Å²) in [6.45, 7) is 0. The van der Waals surface area contributed by atoms with Gasteiger partial charge in [0.2, 0.25) is 0 Å². The van der Waals surface area contributed by atoms with Gasteiger partial charge in [0.15, 0.2) is 11.5 Å². The van der Waals surface area contributed by atoms with Crippen LogP contribution in [0, 0.1) is 0 Å². The standard InChI is InChI=1S/C13H8ClNO2/c14-8-1-2-10-7(5-8)6-9-11(15-10)3-4-12(16)13(9)17/h1-6,16-17H. The number of aromatic hydroxyl groups is 2. The van der Waals surface area contributed by atoms with E-state index in [9.17, 15) is 10.2 Å². The molecule has 3 nitrogen and oxygen atoms in total. The predicted octanol–water partition coefficient (Wildman–Crippen LogP) is 3.45. The fraction of sp³-hybridized carbons (Fsp3) is 0. The summed E-state index contributed by atoms with van der Waals surface area (Å²) < 4.78 is 0. The maximum atomic E-state index is 9.76. The maximum Gasteiger partial charge on any atom is 0.167 e. The molecule has 1 aromatic heterocycles.